The van der Waals surface area contributed by atoms with E-state index >= 15 is 0 Å². The van der Waals surface area contributed by atoms with Gasteiger partial charge in [0.1, 0.15) is 0 Å². The summed E-state index contributed by atoms with van der Waals surface area (Å²) in [5.41, 5.74) is 1.72. The van der Waals surface area contributed by atoms with Crippen LogP contribution >= 0.6 is 11.6 Å². The lowest BCUT2D eigenvalue weighted by molar-refractivity contribution is 0.476. The molecule has 0 aliphatic heterocycles. The van der Waals surface area contributed by atoms with E-state index in [1.54, 1.807) is 12.3 Å². The molecule has 2 aromatic heterocycles. The van der Waals surface area contributed by atoms with E-state index in [9.17, 15) is 9.90 Å². The van der Waals surface area contributed by atoms with Crippen LogP contribution < -0.4 is 10.9 Å². The van der Waals surface area contributed by atoms with Crippen LogP contribution in [0.2, 0.25) is 5.02 Å². The van der Waals surface area contributed by atoms with Gasteiger partial charge < -0.3 is 10.4 Å². The third-order valence-corrected chi connectivity index (χ3v) is 3.52. The van der Waals surface area contributed by atoms with Gasteiger partial charge in [-0.2, -0.15) is 0 Å². The van der Waals surface area contributed by atoms with Gasteiger partial charge in [-0.15, -0.1) is 0 Å². The van der Waals surface area contributed by atoms with E-state index in [1.807, 2.05) is 24.3 Å². The maximum atomic E-state index is 12.0. The molecule has 3 rings (SSSR count). The number of fused-ring (bicyclic) bond motifs is 1. The fourth-order valence-electron chi connectivity index (χ4n) is 2.19. The van der Waals surface area contributed by atoms with Gasteiger partial charge in [0.2, 0.25) is 0 Å². The molecule has 0 amide bonds. The average Bonchev–Trinajstić information content (AvgIpc) is 2.50. The van der Waals surface area contributed by atoms with Crippen molar-refractivity contribution in [3.8, 4) is 5.75 Å². The molecule has 0 atom stereocenters. The summed E-state index contributed by atoms with van der Waals surface area (Å²) in [5, 5.41) is 13.7. The van der Waals surface area contributed by atoms with Crippen molar-refractivity contribution in [2.24, 2.45) is 0 Å². The number of pyridine rings is 1. The van der Waals surface area contributed by atoms with Crippen LogP contribution in [0.25, 0.3) is 5.65 Å². The molecule has 22 heavy (non-hydrogen) atoms. The Labute approximate surface area is 131 Å². The van der Waals surface area contributed by atoms with Gasteiger partial charge in [0, 0.05) is 30.4 Å². The van der Waals surface area contributed by atoms with Crippen molar-refractivity contribution in [1.82, 2.24) is 14.7 Å². The summed E-state index contributed by atoms with van der Waals surface area (Å²) in [6, 6.07) is 12.1. The van der Waals surface area contributed by atoms with Crippen LogP contribution in [0.5, 0.6) is 5.75 Å². The van der Waals surface area contributed by atoms with Crippen LogP contribution in [0.3, 0.4) is 0 Å². The van der Waals surface area contributed by atoms with Crippen LogP contribution in [0, 0.1) is 0 Å². The van der Waals surface area contributed by atoms with Crippen molar-refractivity contribution >= 4 is 17.2 Å². The molecule has 2 N–H and O–H groups in total. The zero-order valence-corrected chi connectivity index (χ0v) is 12.4. The minimum Gasteiger partial charge on any atom is -0.504 e. The van der Waals surface area contributed by atoms with E-state index in [0.717, 1.165) is 5.56 Å². The van der Waals surface area contributed by atoms with Gasteiger partial charge in [-0.25, -0.2) is 4.98 Å². The molecule has 112 valence electrons. The summed E-state index contributed by atoms with van der Waals surface area (Å²) in [7, 11) is 0. The highest BCUT2D eigenvalue weighted by Crippen LogP contribution is 2.13. The first-order valence-electron chi connectivity index (χ1n) is 6.79. The molecule has 0 aliphatic carbocycles. The van der Waals surface area contributed by atoms with Crippen molar-refractivity contribution < 1.29 is 5.11 Å². The highest BCUT2D eigenvalue weighted by atomic mass is 35.5. The number of halogens is 1. The minimum absolute atomic E-state index is 0.0147. The Balaban J connectivity index is 1.75. The van der Waals surface area contributed by atoms with E-state index in [2.05, 4.69) is 10.3 Å². The first-order valence-corrected chi connectivity index (χ1v) is 7.17. The minimum atomic E-state index is -0.218. The molecule has 0 fully saturated rings. The molecule has 2 heterocycles. The normalized spacial score (nSPS) is 11.0. The standard InChI is InChI=1S/C16H14ClN3O2/c17-12-5-3-11(4-6-12)9-18-10-13-8-15(22)20-7-1-2-14(21)16(20)19-13/h1-8,18,21H,9-10H2. The smallest absolute Gasteiger partial charge is 0.258 e. The van der Waals surface area contributed by atoms with Crippen molar-refractivity contribution in [2.45, 2.75) is 13.1 Å². The fraction of sp³-hybridized carbons (Fsp3) is 0.125. The molecular weight excluding hydrogens is 302 g/mol. The van der Waals surface area contributed by atoms with Gasteiger partial charge in [0.05, 0.1) is 5.69 Å². The van der Waals surface area contributed by atoms with Gasteiger partial charge in [0.15, 0.2) is 11.4 Å². The summed E-state index contributed by atoms with van der Waals surface area (Å²) < 4.78 is 1.32. The Hall–Kier alpha value is -2.37. The molecule has 5 nitrogen and oxygen atoms in total. The number of aromatic nitrogens is 2. The largest absolute Gasteiger partial charge is 0.504 e. The Bertz CT molecular complexity index is 859. The number of benzene rings is 1. The topological polar surface area (TPSA) is 66.6 Å². The van der Waals surface area contributed by atoms with Gasteiger partial charge in [-0.1, -0.05) is 23.7 Å². The van der Waals surface area contributed by atoms with Gasteiger partial charge in [-0.3, -0.25) is 9.20 Å². The van der Waals surface area contributed by atoms with E-state index in [4.69, 9.17) is 11.6 Å². The highest BCUT2D eigenvalue weighted by molar-refractivity contribution is 6.30. The molecule has 6 heteroatoms. The number of hydrogen-bond donors (Lipinski definition) is 2. The molecule has 0 bridgehead atoms. The second kappa shape index (κ2) is 6.17. The quantitative estimate of drug-likeness (QED) is 0.775. The molecule has 0 aliphatic rings. The van der Waals surface area contributed by atoms with Crippen molar-refractivity contribution in [2.75, 3.05) is 0 Å². The summed E-state index contributed by atoms with van der Waals surface area (Å²) in [5.74, 6) is -0.0147. The molecule has 0 radical (unpaired) electrons. The van der Waals surface area contributed by atoms with Gasteiger partial charge in [-0.05, 0) is 29.8 Å². The zero-order valence-electron chi connectivity index (χ0n) is 11.7. The molecule has 0 saturated carbocycles. The fourth-order valence-corrected chi connectivity index (χ4v) is 2.31. The first-order chi connectivity index (χ1) is 10.6. The number of nitrogens with zero attached hydrogens (tertiary/aromatic N) is 2. The molecule has 3 aromatic rings. The van der Waals surface area contributed by atoms with Crippen LogP contribution in [-0.4, -0.2) is 14.5 Å². The lowest BCUT2D eigenvalue weighted by Gasteiger charge is -2.07. The zero-order chi connectivity index (χ0) is 15.5. The van der Waals surface area contributed by atoms with Crippen LogP contribution in [0.15, 0.2) is 53.5 Å². The predicted molar refractivity (Wildman–Crippen MR) is 85.1 cm³/mol. The third kappa shape index (κ3) is 3.10. The van der Waals surface area contributed by atoms with Crippen molar-refractivity contribution in [1.29, 1.82) is 0 Å². The third-order valence-electron chi connectivity index (χ3n) is 3.27. The molecule has 0 unspecified atom stereocenters. The van der Waals surface area contributed by atoms with E-state index in [-0.39, 0.29) is 17.0 Å². The average molecular weight is 316 g/mol. The summed E-state index contributed by atoms with van der Waals surface area (Å²) in [6.07, 6.45) is 1.58. The van der Waals surface area contributed by atoms with Crippen molar-refractivity contribution in [3.05, 3.63) is 75.3 Å². The molecule has 0 saturated heterocycles. The van der Waals surface area contributed by atoms with E-state index in [0.29, 0.717) is 23.8 Å². The highest BCUT2D eigenvalue weighted by Gasteiger charge is 2.05. The Morgan fingerprint density at radius 3 is 2.73 bits per heavy atom. The lowest BCUT2D eigenvalue weighted by Crippen LogP contribution is -2.19. The lowest BCUT2D eigenvalue weighted by atomic mass is 10.2. The maximum Gasteiger partial charge on any atom is 0.258 e. The number of aromatic hydroxyl groups is 1. The van der Waals surface area contributed by atoms with Gasteiger partial charge >= 0.3 is 0 Å². The Morgan fingerprint density at radius 2 is 1.95 bits per heavy atom. The second-order valence-electron chi connectivity index (χ2n) is 4.90. The number of rotatable bonds is 4. The van der Waals surface area contributed by atoms with E-state index < -0.39 is 0 Å². The van der Waals surface area contributed by atoms with Crippen molar-refractivity contribution in [3.63, 3.8) is 0 Å². The first kappa shape index (κ1) is 14.6. The van der Waals surface area contributed by atoms with Gasteiger partial charge in [0.25, 0.3) is 5.56 Å². The summed E-state index contributed by atoms with van der Waals surface area (Å²) in [4.78, 5) is 16.3. The monoisotopic (exact) mass is 315 g/mol. The Morgan fingerprint density at radius 1 is 1.18 bits per heavy atom. The molecular formula is C16H14ClN3O2. The number of nitrogens with one attached hydrogen (secondary N) is 1. The van der Waals surface area contributed by atoms with Crippen LogP contribution in [0.4, 0.5) is 0 Å². The maximum absolute atomic E-state index is 12.0. The van der Waals surface area contributed by atoms with E-state index in [1.165, 1.54) is 16.5 Å². The summed E-state index contributed by atoms with van der Waals surface area (Å²) >= 11 is 5.84. The summed E-state index contributed by atoms with van der Waals surface area (Å²) in [6.45, 7) is 1.07. The number of hydrogen-bond acceptors (Lipinski definition) is 4. The van der Waals surface area contributed by atoms with Crippen LogP contribution in [0.1, 0.15) is 11.3 Å². The Kier molecular flexibility index (Phi) is 4.09. The molecule has 0 spiro atoms. The predicted octanol–water partition coefficient (Wildman–Crippen LogP) is 2.34. The second-order valence-corrected chi connectivity index (χ2v) is 5.34. The SMILES string of the molecule is O=c1cc(CNCc2ccc(Cl)cc2)nc2c(O)cccn12. The van der Waals surface area contributed by atoms with Crippen LogP contribution in [-0.2, 0) is 13.1 Å². The molecule has 1 aromatic carbocycles.